The first-order valence-corrected chi connectivity index (χ1v) is 19.4. The molecule has 50 heavy (non-hydrogen) atoms. The van der Waals surface area contributed by atoms with E-state index in [1.54, 1.807) is 13.8 Å². The molecule has 0 aromatic heterocycles. The van der Waals surface area contributed by atoms with Crippen LogP contribution >= 0.6 is 0 Å². The highest BCUT2D eigenvalue weighted by Crippen LogP contribution is 2.76. The van der Waals surface area contributed by atoms with Gasteiger partial charge in [0.15, 0.2) is 0 Å². The number of carbonyl (C=O) groups is 4. The lowest BCUT2D eigenvalue weighted by molar-refractivity contribution is -0.246. The van der Waals surface area contributed by atoms with Crippen LogP contribution in [0.4, 0.5) is 4.79 Å². The number of allylic oxidation sites excluding steroid dienone is 1. The molecule has 0 saturated heterocycles. The van der Waals surface area contributed by atoms with E-state index < -0.39 is 29.4 Å². The first kappa shape index (κ1) is 38.6. The Morgan fingerprint density at radius 3 is 2.10 bits per heavy atom. The van der Waals surface area contributed by atoms with E-state index in [0.717, 1.165) is 64.2 Å². The van der Waals surface area contributed by atoms with Crippen LogP contribution in [0.25, 0.3) is 0 Å². The van der Waals surface area contributed by atoms with Gasteiger partial charge in [-0.2, -0.15) is 0 Å². The molecule has 0 aliphatic heterocycles. The fourth-order valence-electron chi connectivity index (χ4n) is 13.1. The van der Waals surface area contributed by atoms with Crippen molar-refractivity contribution < 1.29 is 34.1 Å². The SMILES string of the molecule is C=C(C)[C@@H]1CC[C@]2(NC(=O)N[C@@H](C(=O)O)C(C)C)CC[C@]3(C)[C@H](CC[C@@H]4[C@@]5(C)CC[C@H](OC(=O)CC(C)(C)C(=O)O)C(C)(C)[C@@H]5CC[C@]43C)[C@@H]12. The molecular weight excluding hydrogens is 632 g/mol. The number of nitrogens with one attached hydrogen (secondary N) is 2. The average Bonchev–Trinajstić information content (AvgIpc) is 3.36. The minimum absolute atomic E-state index is 0.0612. The monoisotopic (exact) mass is 698 g/mol. The Bertz CT molecular complexity index is 1400. The largest absolute Gasteiger partial charge is 0.481 e. The molecule has 5 aliphatic rings. The molecule has 0 aromatic carbocycles. The fourth-order valence-corrected chi connectivity index (χ4v) is 13.1. The standard InChI is InChI=1S/C41H66N2O7/c1-23(2)25-14-19-41(43-35(49)42-32(24(3)4)33(45)46)21-20-39(10)26(31(25)41)12-13-28-38(9)17-16-29(50-30(44)22-36(5,6)34(47)48)37(7,8)27(38)15-18-40(28,39)11/h24-29,31-32H,1,12-22H2,2-11H3,(H,45,46)(H,47,48)(H2,42,43,49)/t25-,26+,27-,28+,29-,31+,32+,38-,39+,40+,41-/m0/s1. The highest BCUT2D eigenvalue weighted by atomic mass is 16.5. The van der Waals surface area contributed by atoms with Crippen LogP contribution in [0.5, 0.6) is 0 Å². The van der Waals surface area contributed by atoms with E-state index in [2.05, 4.69) is 58.8 Å². The van der Waals surface area contributed by atoms with E-state index in [1.165, 1.54) is 5.57 Å². The molecular formula is C41H66N2O7. The molecule has 9 heteroatoms. The van der Waals surface area contributed by atoms with Crippen LogP contribution in [0, 0.1) is 62.6 Å². The zero-order valence-electron chi connectivity index (χ0n) is 32.5. The third-order valence-corrected chi connectivity index (χ3v) is 16.0. The van der Waals surface area contributed by atoms with Crippen molar-refractivity contribution in [2.24, 2.45) is 62.6 Å². The fraction of sp³-hybridized carbons (Fsp3) is 0.854. The van der Waals surface area contributed by atoms with E-state index in [1.807, 2.05) is 13.8 Å². The third-order valence-electron chi connectivity index (χ3n) is 16.0. The van der Waals surface area contributed by atoms with Crippen molar-refractivity contribution in [1.29, 1.82) is 0 Å². The van der Waals surface area contributed by atoms with Gasteiger partial charge in [0, 0.05) is 11.0 Å². The Hall–Kier alpha value is -2.58. The molecule has 5 fully saturated rings. The van der Waals surface area contributed by atoms with Crippen molar-refractivity contribution in [2.75, 3.05) is 0 Å². The van der Waals surface area contributed by atoms with E-state index in [-0.39, 0.29) is 57.6 Å². The second-order valence-electron chi connectivity index (χ2n) is 19.7. The van der Waals surface area contributed by atoms with Crippen LogP contribution in [0.1, 0.15) is 140 Å². The number of amides is 2. The lowest BCUT2D eigenvalue weighted by Gasteiger charge is -2.73. The summed E-state index contributed by atoms with van der Waals surface area (Å²) in [6.07, 6.45) is 9.49. The molecule has 5 saturated carbocycles. The minimum Gasteiger partial charge on any atom is -0.481 e. The van der Waals surface area contributed by atoms with Crippen LogP contribution < -0.4 is 10.6 Å². The highest BCUT2D eigenvalue weighted by molar-refractivity contribution is 5.83. The number of hydrogen-bond donors (Lipinski definition) is 4. The normalized spacial score (nSPS) is 41.0. The van der Waals surface area contributed by atoms with Gasteiger partial charge in [-0.05, 0) is 137 Å². The number of carboxylic acids is 2. The Balaban J connectivity index is 1.40. The molecule has 0 radical (unpaired) electrons. The molecule has 9 nitrogen and oxygen atoms in total. The Labute approximate surface area is 300 Å². The summed E-state index contributed by atoms with van der Waals surface area (Å²) in [5.41, 5.74) is -0.388. The second-order valence-corrected chi connectivity index (χ2v) is 19.7. The van der Waals surface area contributed by atoms with E-state index >= 15 is 0 Å². The van der Waals surface area contributed by atoms with Gasteiger partial charge in [0.2, 0.25) is 0 Å². The lowest BCUT2D eigenvalue weighted by Crippen LogP contribution is -2.69. The molecule has 0 bridgehead atoms. The van der Waals surface area contributed by atoms with Gasteiger partial charge >= 0.3 is 23.9 Å². The van der Waals surface area contributed by atoms with Gasteiger partial charge < -0.3 is 25.6 Å². The van der Waals surface area contributed by atoms with Crippen molar-refractivity contribution >= 4 is 23.9 Å². The first-order valence-electron chi connectivity index (χ1n) is 19.4. The van der Waals surface area contributed by atoms with Gasteiger partial charge in [0.25, 0.3) is 0 Å². The van der Waals surface area contributed by atoms with Crippen LogP contribution in [0.15, 0.2) is 12.2 Å². The smallest absolute Gasteiger partial charge is 0.326 e. The van der Waals surface area contributed by atoms with Crippen LogP contribution in [0.2, 0.25) is 0 Å². The summed E-state index contributed by atoms with van der Waals surface area (Å²) in [4.78, 5) is 50.3. The number of aliphatic carboxylic acids is 2. The maximum absolute atomic E-state index is 13.6. The van der Waals surface area contributed by atoms with Gasteiger partial charge in [0.05, 0.1) is 11.8 Å². The van der Waals surface area contributed by atoms with E-state index in [0.29, 0.717) is 23.7 Å². The molecule has 0 spiro atoms. The number of ether oxygens (including phenoxy) is 1. The van der Waals surface area contributed by atoms with Crippen LogP contribution in [-0.4, -0.2) is 51.8 Å². The molecule has 282 valence electrons. The summed E-state index contributed by atoms with van der Waals surface area (Å²) in [6, 6.07) is -1.32. The Morgan fingerprint density at radius 2 is 1.52 bits per heavy atom. The number of fused-ring (bicyclic) bond motifs is 7. The van der Waals surface area contributed by atoms with Gasteiger partial charge in [-0.3, -0.25) is 9.59 Å². The van der Waals surface area contributed by atoms with E-state index in [9.17, 15) is 29.4 Å². The summed E-state index contributed by atoms with van der Waals surface area (Å²) in [6.45, 7) is 25.5. The average molecular weight is 699 g/mol. The summed E-state index contributed by atoms with van der Waals surface area (Å²) in [7, 11) is 0. The lowest BCUT2D eigenvalue weighted by atomic mass is 9.32. The maximum Gasteiger partial charge on any atom is 0.326 e. The third kappa shape index (κ3) is 5.98. The topological polar surface area (TPSA) is 142 Å². The van der Waals surface area contributed by atoms with Crippen molar-refractivity contribution in [3.05, 3.63) is 12.2 Å². The van der Waals surface area contributed by atoms with Crippen molar-refractivity contribution in [3.8, 4) is 0 Å². The maximum atomic E-state index is 13.6. The quantitative estimate of drug-likeness (QED) is 0.140. The molecule has 4 N–H and O–H groups in total. The summed E-state index contributed by atoms with van der Waals surface area (Å²) < 4.78 is 6.15. The number of esters is 1. The van der Waals surface area contributed by atoms with Crippen LogP contribution in [0.3, 0.4) is 0 Å². The number of rotatable bonds is 9. The predicted molar refractivity (Wildman–Crippen MR) is 193 cm³/mol. The zero-order chi connectivity index (χ0) is 37.4. The number of carboxylic acid groups (broad SMARTS) is 2. The number of urea groups is 1. The van der Waals surface area contributed by atoms with Gasteiger partial charge in [-0.15, -0.1) is 0 Å². The van der Waals surface area contributed by atoms with Crippen molar-refractivity contribution in [2.45, 2.75) is 158 Å². The number of hydrogen-bond acceptors (Lipinski definition) is 5. The molecule has 0 unspecified atom stereocenters. The molecule has 11 atom stereocenters. The second kappa shape index (κ2) is 12.8. The zero-order valence-corrected chi connectivity index (χ0v) is 32.5. The Kier molecular flexibility index (Phi) is 9.91. The summed E-state index contributed by atoms with van der Waals surface area (Å²) >= 11 is 0. The summed E-state index contributed by atoms with van der Waals surface area (Å²) in [5, 5.41) is 25.6. The molecule has 2 amide bonds. The summed E-state index contributed by atoms with van der Waals surface area (Å²) in [5.74, 6) is -0.817. The number of carbonyl (C=O) groups excluding carboxylic acids is 2. The molecule has 0 aromatic rings. The van der Waals surface area contributed by atoms with Crippen molar-refractivity contribution in [1.82, 2.24) is 10.6 Å². The molecule has 5 aliphatic carbocycles. The van der Waals surface area contributed by atoms with Gasteiger partial charge in [0.1, 0.15) is 12.1 Å². The molecule has 0 heterocycles. The minimum atomic E-state index is -1.17. The Morgan fingerprint density at radius 1 is 0.860 bits per heavy atom. The van der Waals surface area contributed by atoms with E-state index in [4.69, 9.17) is 4.74 Å². The first-order chi connectivity index (χ1) is 23.0. The van der Waals surface area contributed by atoms with Gasteiger partial charge in [-0.25, -0.2) is 9.59 Å². The van der Waals surface area contributed by atoms with Crippen LogP contribution in [-0.2, 0) is 19.1 Å². The van der Waals surface area contributed by atoms with Gasteiger partial charge in [-0.1, -0.05) is 60.6 Å². The predicted octanol–water partition coefficient (Wildman–Crippen LogP) is 8.22. The molecule has 5 rings (SSSR count). The highest BCUT2D eigenvalue weighted by Gasteiger charge is 2.71. The van der Waals surface area contributed by atoms with Crippen molar-refractivity contribution in [3.63, 3.8) is 0 Å².